The van der Waals surface area contributed by atoms with Crippen LogP contribution in [0.4, 0.5) is 13.2 Å². The van der Waals surface area contributed by atoms with E-state index in [4.69, 9.17) is 5.21 Å². The molecule has 0 saturated heterocycles. The second kappa shape index (κ2) is 4.25. The minimum Gasteiger partial charge on any atom is -0.316 e. The lowest BCUT2D eigenvalue weighted by Gasteiger charge is -2.04. The van der Waals surface area contributed by atoms with Crippen molar-refractivity contribution in [2.75, 3.05) is 0 Å². The largest absolute Gasteiger partial charge is 0.316 e. The van der Waals surface area contributed by atoms with Gasteiger partial charge in [0, 0.05) is 6.54 Å². The van der Waals surface area contributed by atoms with E-state index in [0.29, 0.717) is 5.56 Å². The Kier molecular flexibility index (Phi) is 3.27. The van der Waals surface area contributed by atoms with Crippen molar-refractivity contribution in [2.45, 2.75) is 13.0 Å². The Balaban J connectivity index is 2.92. The fourth-order valence-electron chi connectivity index (χ4n) is 0.949. The third-order valence-electron chi connectivity index (χ3n) is 1.58. The molecule has 0 saturated carbocycles. The van der Waals surface area contributed by atoms with Gasteiger partial charge >= 0.3 is 0 Å². The molecule has 0 atom stereocenters. The molecule has 1 aromatic carbocycles. The van der Waals surface area contributed by atoms with Crippen molar-refractivity contribution in [3.63, 3.8) is 0 Å². The van der Waals surface area contributed by atoms with Gasteiger partial charge in [0.1, 0.15) is 5.82 Å². The van der Waals surface area contributed by atoms with Crippen molar-refractivity contribution in [1.82, 2.24) is 5.48 Å². The summed E-state index contributed by atoms with van der Waals surface area (Å²) in [5.74, 6) is -0.956. The van der Waals surface area contributed by atoms with Crippen LogP contribution >= 0.6 is 0 Å². The van der Waals surface area contributed by atoms with Gasteiger partial charge in [-0.15, -0.1) is 0 Å². The maximum atomic E-state index is 12.8. The van der Waals surface area contributed by atoms with Crippen LogP contribution in [0.15, 0.2) is 18.2 Å². The number of alkyl halides is 2. The van der Waals surface area contributed by atoms with Gasteiger partial charge in [-0.05, 0) is 11.6 Å². The molecule has 5 heteroatoms. The van der Waals surface area contributed by atoms with E-state index in [9.17, 15) is 13.2 Å². The van der Waals surface area contributed by atoms with Crippen LogP contribution in [0.25, 0.3) is 0 Å². The summed E-state index contributed by atoms with van der Waals surface area (Å²) in [5.41, 5.74) is 1.59. The van der Waals surface area contributed by atoms with E-state index in [1.807, 2.05) is 0 Å². The van der Waals surface area contributed by atoms with Crippen LogP contribution in [0, 0.1) is 5.82 Å². The monoisotopic (exact) mass is 191 g/mol. The van der Waals surface area contributed by atoms with Crippen molar-refractivity contribution in [2.24, 2.45) is 0 Å². The molecule has 2 N–H and O–H groups in total. The summed E-state index contributed by atoms with van der Waals surface area (Å²) in [4.78, 5) is 0. The van der Waals surface area contributed by atoms with E-state index >= 15 is 0 Å². The van der Waals surface area contributed by atoms with Gasteiger partial charge in [-0.25, -0.2) is 18.7 Å². The molecule has 0 spiro atoms. The van der Waals surface area contributed by atoms with E-state index in [1.165, 1.54) is 6.07 Å². The average molecular weight is 191 g/mol. The van der Waals surface area contributed by atoms with Crippen molar-refractivity contribution in [3.05, 3.63) is 35.1 Å². The first-order valence-electron chi connectivity index (χ1n) is 3.58. The molecule has 0 bridgehead atoms. The van der Waals surface area contributed by atoms with Crippen LogP contribution in [0.2, 0.25) is 0 Å². The summed E-state index contributed by atoms with van der Waals surface area (Å²) < 4.78 is 36.9. The number of halogens is 3. The summed E-state index contributed by atoms with van der Waals surface area (Å²) in [7, 11) is 0. The van der Waals surface area contributed by atoms with Crippen molar-refractivity contribution in [3.8, 4) is 0 Å². The molecule has 0 heterocycles. The number of hydrogen-bond acceptors (Lipinski definition) is 2. The first kappa shape index (κ1) is 10.0. The SMILES string of the molecule is ONCc1ccc(C(F)F)c(F)c1. The predicted octanol–water partition coefficient (Wildman–Crippen LogP) is 2.24. The highest BCUT2D eigenvalue weighted by Crippen LogP contribution is 2.22. The van der Waals surface area contributed by atoms with Crippen molar-refractivity contribution < 1.29 is 18.4 Å². The van der Waals surface area contributed by atoms with Crippen molar-refractivity contribution >= 4 is 0 Å². The normalized spacial score (nSPS) is 10.8. The summed E-state index contributed by atoms with van der Waals surface area (Å²) in [5, 5.41) is 8.27. The summed E-state index contributed by atoms with van der Waals surface area (Å²) >= 11 is 0. The van der Waals surface area contributed by atoms with Crippen LogP contribution in [-0.4, -0.2) is 5.21 Å². The zero-order chi connectivity index (χ0) is 9.84. The maximum Gasteiger partial charge on any atom is 0.266 e. The third kappa shape index (κ3) is 2.43. The second-order valence-corrected chi connectivity index (χ2v) is 2.49. The molecule has 1 rings (SSSR count). The lowest BCUT2D eigenvalue weighted by Crippen LogP contribution is -2.06. The summed E-state index contributed by atoms with van der Waals surface area (Å²) in [6, 6.07) is 3.30. The maximum absolute atomic E-state index is 12.8. The Bertz CT molecular complexity index is 291. The number of hydroxylamine groups is 1. The minimum absolute atomic E-state index is 0.0282. The minimum atomic E-state index is -2.81. The molecular formula is C8H8F3NO. The Morgan fingerprint density at radius 2 is 2.08 bits per heavy atom. The van der Waals surface area contributed by atoms with E-state index in [1.54, 1.807) is 5.48 Å². The first-order valence-corrected chi connectivity index (χ1v) is 3.58. The molecule has 13 heavy (non-hydrogen) atoms. The first-order chi connectivity index (χ1) is 6.15. The number of rotatable bonds is 3. The van der Waals surface area contributed by atoms with Gasteiger partial charge in [0.05, 0.1) is 5.56 Å². The van der Waals surface area contributed by atoms with Crippen molar-refractivity contribution in [1.29, 1.82) is 0 Å². The lowest BCUT2D eigenvalue weighted by molar-refractivity contribution is 0.146. The number of hydrogen-bond donors (Lipinski definition) is 2. The summed E-state index contributed by atoms with van der Waals surface area (Å²) in [6.45, 7) is 0.0282. The van der Waals surface area contributed by atoms with Gasteiger partial charge in [0.25, 0.3) is 6.43 Å². The molecule has 0 amide bonds. The molecule has 0 aliphatic heterocycles. The van der Waals surface area contributed by atoms with Crippen LogP contribution in [-0.2, 0) is 6.54 Å². The smallest absolute Gasteiger partial charge is 0.266 e. The number of nitrogens with one attached hydrogen (secondary N) is 1. The van der Waals surface area contributed by atoms with Gasteiger partial charge in [-0.1, -0.05) is 12.1 Å². The fraction of sp³-hybridized carbons (Fsp3) is 0.250. The zero-order valence-electron chi connectivity index (χ0n) is 6.60. The van der Waals surface area contributed by atoms with E-state index in [2.05, 4.69) is 0 Å². The van der Waals surface area contributed by atoms with Gasteiger partial charge in [0.2, 0.25) is 0 Å². The number of benzene rings is 1. The molecule has 2 nitrogen and oxygen atoms in total. The topological polar surface area (TPSA) is 32.3 Å². The molecule has 0 fully saturated rings. The molecule has 72 valence electrons. The lowest BCUT2D eigenvalue weighted by atomic mass is 10.1. The molecule has 0 aliphatic carbocycles. The molecule has 1 aromatic rings. The van der Waals surface area contributed by atoms with Crippen LogP contribution in [0.5, 0.6) is 0 Å². The zero-order valence-corrected chi connectivity index (χ0v) is 6.60. The van der Waals surface area contributed by atoms with E-state index in [0.717, 1.165) is 12.1 Å². The van der Waals surface area contributed by atoms with E-state index in [-0.39, 0.29) is 6.54 Å². The van der Waals surface area contributed by atoms with Gasteiger partial charge in [-0.3, -0.25) is 0 Å². The van der Waals surface area contributed by atoms with Gasteiger partial charge in [-0.2, -0.15) is 0 Å². The molecule has 0 aliphatic rings. The Labute approximate surface area is 73.0 Å². The highest BCUT2D eigenvalue weighted by molar-refractivity contribution is 5.25. The van der Waals surface area contributed by atoms with Gasteiger partial charge in [0.15, 0.2) is 0 Å². The third-order valence-corrected chi connectivity index (χ3v) is 1.58. The molecule has 0 unspecified atom stereocenters. The Morgan fingerprint density at radius 3 is 2.54 bits per heavy atom. The summed E-state index contributed by atoms with van der Waals surface area (Å²) in [6.07, 6.45) is -2.81. The van der Waals surface area contributed by atoms with E-state index < -0.39 is 17.8 Å². The standard InChI is InChI=1S/C8H8F3NO/c9-7-3-5(4-12-13)1-2-6(7)8(10)11/h1-3,8,12-13H,4H2. The van der Waals surface area contributed by atoms with Crippen LogP contribution in [0.3, 0.4) is 0 Å². The second-order valence-electron chi connectivity index (χ2n) is 2.49. The Hall–Kier alpha value is -1.07. The average Bonchev–Trinajstić information content (AvgIpc) is 2.04. The Morgan fingerprint density at radius 1 is 1.38 bits per heavy atom. The van der Waals surface area contributed by atoms with Gasteiger partial charge < -0.3 is 5.21 Å². The van der Waals surface area contributed by atoms with Crippen LogP contribution in [0.1, 0.15) is 17.6 Å². The molecular weight excluding hydrogens is 183 g/mol. The highest BCUT2D eigenvalue weighted by atomic mass is 19.3. The molecule has 0 aromatic heterocycles. The molecule has 0 radical (unpaired) electrons. The predicted molar refractivity (Wildman–Crippen MR) is 40.0 cm³/mol. The fourth-order valence-corrected chi connectivity index (χ4v) is 0.949. The highest BCUT2D eigenvalue weighted by Gasteiger charge is 2.12. The quantitative estimate of drug-likeness (QED) is 0.718. The van der Waals surface area contributed by atoms with Crippen LogP contribution < -0.4 is 5.48 Å².